The number of aryl methyl sites for hydroxylation is 2. The summed E-state index contributed by atoms with van der Waals surface area (Å²) in [5.41, 5.74) is 0.831. The Hall–Kier alpha value is -4.06. The molecule has 0 aliphatic heterocycles. The molecule has 0 fully saturated rings. The standard InChI is InChI=1S/C25H19F4N3O4S/c1-13-20(15-4-3-5-17(26)12-15)22(23(35)36-2)32(31-13)24-30-21(18(37-24)10-11-19(33)34)14-6-8-16(9-7-14)25(27,28)29/h3-9,12H,10-11H2,1-2H3,(H,33,34). The van der Waals surface area contributed by atoms with Crippen LogP contribution in [-0.2, 0) is 22.1 Å². The summed E-state index contributed by atoms with van der Waals surface area (Å²) < 4.78 is 59.2. The van der Waals surface area contributed by atoms with E-state index in [4.69, 9.17) is 4.74 Å². The number of aliphatic carboxylic acids is 1. The molecule has 2 aromatic heterocycles. The van der Waals surface area contributed by atoms with Crippen molar-refractivity contribution in [3.8, 4) is 27.5 Å². The van der Waals surface area contributed by atoms with Gasteiger partial charge in [-0.15, -0.1) is 0 Å². The van der Waals surface area contributed by atoms with Crippen LogP contribution in [0, 0.1) is 12.7 Å². The quantitative estimate of drug-likeness (QED) is 0.234. The fraction of sp³-hybridized carbons (Fsp3) is 0.200. The van der Waals surface area contributed by atoms with E-state index in [-0.39, 0.29) is 29.4 Å². The van der Waals surface area contributed by atoms with Crippen molar-refractivity contribution in [3.05, 3.63) is 76.2 Å². The van der Waals surface area contributed by atoms with E-state index in [0.29, 0.717) is 27.3 Å². The average Bonchev–Trinajstić information content (AvgIpc) is 3.42. The molecule has 0 saturated heterocycles. The smallest absolute Gasteiger partial charge is 0.416 e. The van der Waals surface area contributed by atoms with E-state index in [1.807, 2.05) is 0 Å². The van der Waals surface area contributed by atoms with Gasteiger partial charge in [0.2, 0.25) is 5.13 Å². The highest BCUT2D eigenvalue weighted by Crippen LogP contribution is 2.37. The summed E-state index contributed by atoms with van der Waals surface area (Å²) in [7, 11) is 1.18. The molecule has 2 heterocycles. The van der Waals surface area contributed by atoms with Gasteiger partial charge >= 0.3 is 18.1 Å². The number of benzene rings is 2. The van der Waals surface area contributed by atoms with Crippen molar-refractivity contribution in [1.82, 2.24) is 14.8 Å². The average molecular weight is 534 g/mol. The van der Waals surface area contributed by atoms with Gasteiger partial charge < -0.3 is 9.84 Å². The Morgan fingerprint density at radius 1 is 1.11 bits per heavy atom. The number of carboxylic acid groups (broad SMARTS) is 1. The number of halogens is 4. The van der Waals surface area contributed by atoms with Crippen molar-refractivity contribution >= 4 is 23.3 Å². The third-order valence-electron chi connectivity index (χ3n) is 5.47. The minimum Gasteiger partial charge on any atom is -0.481 e. The molecule has 0 spiro atoms. The van der Waals surface area contributed by atoms with Crippen LogP contribution in [0.25, 0.3) is 27.5 Å². The minimum absolute atomic E-state index is 0.0249. The van der Waals surface area contributed by atoms with Gasteiger partial charge in [0, 0.05) is 16.0 Å². The molecule has 4 rings (SSSR count). The minimum atomic E-state index is -4.52. The molecule has 12 heteroatoms. The van der Waals surface area contributed by atoms with E-state index in [0.717, 1.165) is 23.5 Å². The molecule has 0 atom stereocenters. The van der Waals surface area contributed by atoms with E-state index in [1.54, 1.807) is 13.0 Å². The zero-order valence-electron chi connectivity index (χ0n) is 19.5. The number of aromatic nitrogens is 3. The van der Waals surface area contributed by atoms with Crippen LogP contribution in [0.4, 0.5) is 17.6 Å². The molecule has 0 saturated carbocycles. The lowest BCUT2D eigenvalue weighted by molar-refractivity contribution is -0.138. The van der Waals surface area contributed by atoms with Crippen LogP contribution in [0.2, 0.25) is 0 Å². The van der Waals surface area contributed by atoms with E-state index < -0.39 is 29.5 Å². The molecule has 0 bridgehead atoms. The molecule has 2 aromatic carbocycles. The molecule has 4 aromatic rings. The molecule has 0 unspecified atom stereocenters. The Morgan fingerprint density at radius 3 is 2.41 bits per heavy atom. The number of carboxylic acids is 1. The number of carbonyl (C=O) groups is 2. The molecular weight excluding hydrogens is 514 g/mol. The zero-order chi connectivity index (χ0) is 26.9. The summed E-state index contributed by atoms with van der Waals surface area (Å²) in [5, 5.41) is 13.8. The number of esters is 1. The van der Waals surface area contributed by atoms with E-state index in [9.17, 15) is 32.3 Å². The summed E-state index contributed by atoms with van der Waals surface area (Å²) >= 11 is 1.04. The van der Waals surface area contributed by atoms with Gasteiger partial charge in [0.25, 0.3) is 0 Å². The number of alkyl halides is 3. The molecule has 1 N–H and O–H groups in total. The maximum Gasteiger partial charge on any atom is 0.416 e. The fourth-order valence-corrected chi connectivity index (χ4v) is 4.84. The van der Waals surface area contributed by atoms with Crippen molar-refractivity contribution in [3.63, 3.8) is 0 Å². The van der Waals surface area contributed by atoms with Gasteiger partial charge in [0.15, 0.2) is 5.69 Å². The highest BCUT2D eigenvalue weighted by molar-refractivity contribution is 7.14. The molecule has 0 aliphatic rings. The van der Waals surface area contributed by atoms with Crippen LogP contribution < -0.4 is 0 Å². The predicted molar refractivity (Wildman–Crippen MR) is 127 cm³/mol. The van der Waals surface area contributed by atoms with Crippen molar-refractivity contribution in [1.29, 1.82) is 0 Å². The van der Waals surface area contributed by atoms with Gasteiger partial charge in [-0.25, -0.2) is 14.2 Å². The molecule has 37 heavy (non-hydrogen) atoms. The third-order valence-corrected chi connectivity index (χ3v) is 6.56. The van der Waals surface area contributed by atoms with Gasteiger partial charge in [-0.2, -0.15) is 23.0 Å². The molecule has 0 aliphatic carbocycles. The fourth-order valence-electron chi connectivity index (χ4n) is 3.80. The number of nitrogens with zero attached hydrogens (tertiary/aromatic N) is 3. The van der Waals surface area contributed by atoms with Crippen molar-refractivity contribution in [2.45, 2.75) is 25.9 Å². The van der Waals surface area contributed by atoms with Gasteiger partial charge in [0.1, 0.15) is 5.82 Å². The molecule has 7 nitrogen and oxygen atoms in total. The molecule has 0 amide bonds. The SMILES string of the molecule is COC(=O)c1c(-c2cccc(F)c2)c(C)nn1-c1nc(-c2ccc(C(F)(F)F)cc2)c(CCC(=O)O)s1. The van der Waals surface area contributed by atoms with Crippen LogP contribution in [0.3, 0.4) is 0 Å². The monoisotopic (exact) mass is 533 g/mol. The van der Waals surface area contributed by atoms with Crippen LogP contribution in [-0.4, -0.2) is 38.9 Å². The van der Waals surface area contributed by atoms with Crippen LogP contribution >= 0.6 is 11.3 Å². The first-order valence-electron chi connectivity index (χ1n) is 10.8. The largest absolute Gasteiger partial charge is 0.481 e. The second-order valence-corrected chi connectivity index (χ2v) is 9.02. The van der Waals surface area contributed by atoms with E-state index in [1.165, 1.54) is 42.1 Å². The van der Waals surface area contributed by atoms with Crippen molar-refractivity contribution < 1.29 is 37.0 Å². The summed E-state index contributed by atoms with van der Waals surface area (Å²) in [6.07, 6.45) is -4.72. The highest BCUT2D eigenvalue weighted by atomic mass is 32.1. The Balaban J connectivity index is 1.89. The summed E-state index contributed by atoms with van der Waals surface area (Å²) in [5.74, 6) is -2.35. The van der Waals surface area contributed by atoms with Gasteiger partial charge in [-0.1, -0.05) is 35.6 Å². The van der Waals surface area contributed by atoms with Crippen LogP contribution in [0.1, 0.15) is 33.0 Å². The van der Waals surface area contributed by atoms with Gasteiger partial charge in [0.05, 0.1) is 30.5 Å². The first kappa shape index (κ1) is 26.0. The first-order chi connectivity index (χ1) is 17.5. The Kier molecular flexibility index (Phi) is 7.12. The zero-order valence-corrected chi connectivity index (χ0v) is 20.3. The lowest BCUT2D eigenvalue weighted by Crippen LogP contribution is -2.11. The maximum atomic E-state index is 14.0. The van der Waals surface area contributed by atoms with Crippen molar-refractivity contribution in [2.24, 2.45) is 0 Å². The highest BCUT2D eigenvalue weighted by Gasteiger charge is 2.31. The first-order valence-corrected chi connectivity index (χ1v) is 11.6. The van der Waals surface area contributed by atoms with E-state index in [2.05, 4.69) is 10.1 Å². The number of carbonyl (C=O) groups excluding carboxylic acids is 1. The number of hydrogen-bond acceptors (Lipinski definition) is 6. The maximum absolute atomic E-state index is 14.0. The molecule has 0 radical (unpaired) electrons. The lowest BCUT2D eigenvalue weighted by atomic mass is 10.0. The number of ether oxygens (including phenoxy) is 1. The van der Waals surface area contributed by atoms with E-state index >= 15 is 0 Å². The van der Waals surface area contributed by atoms with Gasteiger partial charge in [-0.3, -0.25) is 4.79 Å². The Bertz CT molecular complexity index is 1480. The summed E-state index contributed by atoms with van der Waals surface area (Å²) in [4.78, 5) is 29.0. The number of hydrogen-bond donors (Lipinski definition) is 1. The Morgan fingerprint density at radius 2 is 1.81 bits per heavy atom. The second kappa shape index (κ2) is 10.1. The van der Waals surface area contributed by atoms with Crippen LogP contribution in [0.15, 0.2) is 48.5 Å². The van der Waals surface area contributed by atoms with Gasteiger partial charge in [-0.05, 0) is 43.2 Å². The Labute approximate surface area is 212 Å². The van der Waals surface area contributed by atoms with Crippen LogP contribution in [0.5, 0.6) is 0 Å². The second-order valence-electron chi connectivity index (χ2n) is 7.96. The molecular formula is C25H19F4N3O4S. The number of rotatable bonds is 7. The lowest BCUT2D eigenvalue weighted by Gasteiger charge is -2.07. The summed E-state index contributed by atoms with van der Waals surface area (Å²) in [6.45, 7) is 1.62. The summed E-state index contributed by atoms with van der Waals surface area (Å²) in [6, 6.07) is 9.92. The number of methoxy groups -OCH3 is 1. The number of thiazole rings is 1. The van der Waals surface area contributed by atoms with Crippen molar-refractivity contribution in [2.75, 3.05) is 7.11 Å². The normalized spacial score (nSPS) is 11.5. The molecule has 192 valence electrons. The topological polar surface area (TPSA) is 94.3 Å². The predicted octanol–water partition coefficient (Wildman–Crippen LogP) is 5.93. The third kappa shape index (κ3) is 5.38.